The third kappa shape index (κ3) is 3.49. The van der Waals surface area contributed by atoms with E-state index in [0.29, 0.717) is 4.90 Å². The molecule has 0 aliphatic rings. The number of rotatable bonds is 4. The second kappa shape index (κ2) is 5.95. The molecule has 2 aromatic rings. The molecule has 112 valence electrons. The van der Waals surface area contributed by atoms with Crippen LogP contribution in [0.5, 0.6) is 0 Å². The Bertz CT molecular complexity index is 717. The number of sulfonamides is 1. The van der Waals surface area contributed by atoms with Gasteiger partial charge in [-0.15, -0.1) is 0 Å². The molecule has 0 aliphatic carbocycles. The van der Waals surface area contributed by atoms with Crippen LogP contribution in [0.25, 0.3) is 0 Å². The van der Waals surface area contributed by atoms with Crippen LogP contribution in [0.1, 0.15) is 35.2 Å². The van der Waals surface area contributed by atoms with Crippen LogP contribution in [-0.4, -0.2) is 13.4 Å². The molecule has 0 aliphatic heterocycles. The highest BCUT2D eigenvalue weighted by Crippen LogP contribution is 2.23. The van der Waals surface area contributed by atoms with Crippen molar-refractivity contribution in [2.45, 2.75) is 38.6 Å². The summed E-state index contributed by atoms with van der Waals surface area (Å²) in [6.45, 7) is 7.42. The number of aryl methyl sites for hydroxylation is 3. The molecule has 0 fully saturated rings. The Kier molecular flexibility index (Phi) is 4.44. The molecule has 2 rings (SSSR count). The maximum Gasteiger partial charge on any atom is 0.241 e. The summed E-state index contributed by atoms with van der Waals surface area (Å²) in [5.41, 5.74) is 3.42. The zero-order valence-corrected chi connectivity index (χ0v) is 13.5. The summed E-state index contributed by atoms with van der Waals surface area (Å²) in [5.74, 6) is 0. The summed E-state index contributed by atoms with van der Waals surface area (Å²) in [4.78, 5) is 4.39. The standard InChI is InChI=1S/C16H20N2O2S/c1-11-8-12(2)16(13(3)9-11)21(19,20)18-14(4)15-6-5-7-17-10-15/h5-10,14,18H,1-4H3. The normalized spacial score (nSPS) is 13.1. The molecule has 1 aromatic carbocycles. The highest BCUT2D eigenvalue weighted by atomic mass is 32.2. The molecule has 0 spiro atoms. The SMILES string of the molecule is Cc1cc(C)c(S(=O)(=O)NC(C)c2cccnc2)c(C)c1. The first-order chi connectivity index (χ1) is 9.81. The molecule has 1 atom stereocenters. The van der Waals surface area contributed by atoms with Gasteiger partial charge in [0.2, 0.25) is 10.0 Å². The molecular weight excluding hydrogens is 284 g/mol. The van der Waals surface area contributed by atoms with E-state index in [1.807, 2.05) is 45.9 Å². The molecule has 1 N–H and O–H groups in total. The number of pyridine rings is 1. The fourth-order valence-electron chi connectivity index (χ4n) is 2.58. The molecular formula is C16H20N2O2S. The van der Waals surface area contributed by atoms with Gasteiger partial charge >= 0.3 is 0 Å². The third-order valence-corrected chi connectivity index (χ3v) is 5.24. The Balaban J connectivity index is 2.36. The predicted octanol–water partition coefficient (Wildman–Crippen LogP) is 3.05. The van der Waals surface area contributed by atoms with E-state index >= 15 is 0 Å². The Hall–Kier alpha value is -1.72. The zero-order valence-electron chi connectivity index (χ0n) is 12.7. The molecule has 1 unspecified atom stereocenters. The van der Waals surface area contributed by atoms with Crippen LogP contribution in [0.4, 0.5) is 0 Å². The fourth-order valence-corrected chi connectivity index (χ4v) is 4.27. The van der Waals surface area contributed by atoms with Crippen molar-refractivity contribution in [3.63, 3.8) is 0 Å². The van der Waals surface area contributed by atoms with Crippen molar-refractivity contribution >= 4 is 10.0 Å². The first-order valence-electron chi connectivity index (χ1n) is 6.81. The van der Waals surface area contributed by atoms with Gasteiger partial charge in [-0.3, -0.25) is 4.98 Å². The van der Waals surface area contributed by atoms with Crippen LogP contribution in [0.2, 0.25) is 0 Å². The third-order valence-electron chi connectivity index (χ3n) is 3.39. The van der Waals surface area contributed by atoms with Gasteiger partial charge in [0.05, 0.1) is 4.90 Å². The smallest absolute Gasteiger partial charge is 0.241 e. The average Bonchev–Trinajstić information content (AvgIpc) is 2.37. The van der Waals surface area contributed by atoms with Gasteiger partial charge in [-0.25, -0.2) is 13.1 Å². The minimum Gasteiger partial charge on any atom is -0.264 e. The first kappa shape index (κ1) is 15.7. The van der Waals surface area contributed by atoms with Gasteiger partial charge in [0, 0.05) is 18.4 Å². The monoisotopic (exact) mass is 304 g/mol. The highest BCUT2D eigenvalue weighted by molar-refractivity contribution is 7.89. The second-order valence-electron chi connectivity index (χ2n) is 5.36. The Labute approximate surface area is 126 Å². The molecule has 5 heteroatoms. The Morgan fingerprint density at radius 1 is 1.14 bits per heavy atom. The minimum atomic E-state index is -3.56. The lowest BCUT2D eigenvalue weighted by atomic mass is 10.1. The summed E-state index contributed by atoms with van der Waals surface area (Å²) in [7, 11) is -3.56. The molecule has 0 radical (unpaired) electrons. The van der Waals surface area contributed by atoms with Crippen molar-refractivity contribution < 1.29 is 8.42 Å². The van der Waals surface area contributed by atoms with E-state index in [1.165, 1.54) is 0 Å². The Morgan fingerprint density at radius 3 is 2.29 bits per heavy atom. The van der Waals surface area contributed by atoms with E-state index in [-0.39, 0.29) is 6.04 Å². The molecule has 1 aromatic heterocycles. The van der Waals surface area contributed by atoms with Crippen LogP contribution < -0.4 is 4.72 Å². The van der Waals surface area contributed by atoms with E-state index < -0.39 is 10.0 Å². The quantitative estimate of drug-likeness (QED) is 0.944. The van der Waals surface area contributed by atoms with E-state index in [0.717, 1.165) is 22.3 Å². The van der Waals surface area contributed by atoms with Crippen molar-refractivity contribution in [3.05, 3.63) is 58.9 Å². The molecule has 21 heavy (non-hydrogen) atoms. The lowest BCUT2D eigenvalue weighted by Crippen LogP contribution is -2.28. The van der Waals surface area contributed by atoms with Crippen molar-refractivity contribution in [2.24, 2.45) is 0 Å². The van der Waals surface area contributed by atoms with Crippen LogP contribution in [-0.2, 0) is 10.0 Å². The lowest BCUT2D eigenvalue weighted by Gasteiger charge is -2.17. The van der Waals surface area contributed by atoms with Gasteiger partial charge in [0.15, 0.2) is 0 Å². The second-order valence-corrected chi connectivity index (χ2v) is 7.01. The van der Waals surface area contributed by atoms with Crippen LogP contribution in [0.15, 0.2) is 41.6 Å². The molecule has 0 saturated carbocycles. The number of hydrogen-bond acceptors (Lipinski definition) is 3. The van der Waals surface area contributed by atoms with Crippen molar-refractivity contribution in [1.82, 2.24) is 9.71 Å². The van der Waals surface area contributed by atoms with Crippen molar-refractivity contribution in [1.29, 1.82) is 0 Å². The lowest BCUT2D eigenvalue weighted by molar-refractivity contribution is 0.565. The van der Waals surface area contributed by atoms with Gasteiger partial charge in [-0.2, -0.15) is 0 Å². The van der Waals surface area contributed by atoms with E-state index in [2.05, 4.69) is 9.71 Å². The van der Waals surface area contributed by atoms with Gasteiger partial charge in [0.25, 0.3) is 0 Å². The summed E-state index contributed by atoms with van der Waals surface area (Å²) < 4.78 is 28.0. The number of hydrogen-bond donors (Lipinski definition) is 1. The van der Waals surface area contributed by atoms with Crippen molar-refractivity contribution in [2.75, 3.05) is 0 Å². The van der Waals surface area contributed by atoms with E-state index in [1.54, 1.807) is 18.5 Å². The maximum absolute atomic E-state index is 12.6. The molecule has 0 bridgehead atoms. The van der Waals surface area contributed by atoms with Crippen molar-refractivity contribution in [3.8, 4) is 0 Å². The van der Waals surface area contributed by atoms with E-state index in [4.69, 9.17) is 0 Å². The van der Waals surface area contributed by atoms with E-state index in [9.17, 15) is 8.42 Å². The fraction of sp³-hybridized carbons (Fsp3) is 0.312. The molecule has 1 heterocycles. The number of benzene rings is 1. The number of aromatic nitrogens is 1. The van der Waals surface area contributed by atoms with Crippen LogP contribution in [0, 0.1) is 20.8 Å². The first-order valence-corrected chi connectivity index (χ1v) is 8.29. The number of nitrogens with zero attached hydrogens (tertiary/aromatic N) is 1. The summed E-state index contributed by atoms with van der Waals surface area (Å²) in [5, 5.41) is 0. The minimum absolute atomic E-state index is 0.330. The zero-order chi connectivity index (χ0) is 15.6. The maximum atomic E-state index is 12.6. The van der Waals surface area contributed by atoms with Gasteiger partial charge in [0.1, 0.15) is 0 Å². The number of nitrogens with one attached hydrogen (secondary N) is 1. The highest BCUT2D eigenvalue weighted by Gasteiger charge is 2.22. The molecule has 0 saturated heterocycles. The molecule has 0 amide bonds. The Morgan fingerprint density at radius 2 is 1.76 bits per heavy atom. The van der Waals surface area contributed by atoms with Gasteiger partial charge < -0.3 is 0 Å². The predicted molar refractivity (Wildman–Crippen MR) is 83.6 cm³/mol. The van der Waals surface area contributed by atoms with Crippen LogP contribution in [0.3, 0.4) is 0 Å². The van der Waals surface area contributed by atoms with Crippen LogP contribution >= 0.6 is 0 Å². The van der Waals surface area contributed by atoms with Gasteiger partial charge in [-0.05, 0) is 50.5 Å². The largest absolute Gasteiger partial charge is 0.264 e. The average molecular weight is 304 g/mol. The summed E-state index contributed by atoms with van der Waals surface area (Å²) in [6, 6.07) is 7.09. The molecule has 4 nitrogen and oxygen atoms in total. The summed E-state index contributed by atoms with van der Waals surface area (Å²) >= 11 is 0. The topological polar surface area (TPSA) is 59.1 Å². The van der Waals surface area contributed by atoms with Gasteiger partial charge in [-0.1, -0.05) is 23.8 Å². The summed E-state index contributed by atoms with van der Waals surface area (Å²) in [6.07, 6.45) is 3.33.